The van der Waals surface area contributed by atoms with E-state index in [1.165, 1.54) is 5.51 Å². The van der Waals surface area contributed by atoms with Gasteiger partial charge in [-0.05, 0) is 0 Å². The standard InChI is InChI=1S/C4H2NO2S/c6-4(7)3-1-5-2-8-3/h2H,(H,6,7). The first-order chi connectivity index (χ1) is 3.80. The molecule has 41 valence electrons. The fourth-order valence-corrected chi connectivity index (χ4v) is 0.706. The molecule has 0 atom stereocenters. The fourth-order valence-electron chi connectivity index (χ4n) is 0.289. The second-order valence-corrected chi connectivity index (χ2v) is 1.95. The van der Waals surface area contributed by atoms with Crippen LogP contribution in [0.5, 0.6) is 0 Å². The van der Waals surface area contributed by atoms with E-state index in [0.29, 0.717) is 0 Å². The van der Waals surface area contributed by atoms with Crippen molar-refractivity contribution in [2.45, 2.75) is 0 Å². The maximum Gasteiger partial charge on any atom is 0.348 e. The monoisotopic (exact) mass is 128 g/mol. The molecule has 0 saturated heterocycles. The van der Waals surface area contributed by atoms with Crippen LogP contribution in [0.3, 0.4) is 0 Å². The lowest BCUT2D eigenvalue weighted by Gasteiger charge is -1.76. The van der Waals surface area contributed by atoms with Gasteiger partial charge in [0.25, 0.3) is 0 Å². The third-order valence-electron chi connectivity index (χ3n) is 0.584. The van der Waals surface area contributed by atoms with E-state index in [1.807, 2.05) is 0 Å². The largest absolute Gasteiger partial charge is 0.477 e. The molecular weight excluding hydrogens is 126 g/mol. The van der Waals surface area contributed by atoms with Crippen LogP contribution in [0, 0.1) is 6.20 Å². The summed E-state index contributed by atoms with van der Waals surface area (Å²) in [5.41, 5.74) is 1.43. The highest BCUT2D eigenvalue weighted by Crippen LogP contribution is 2.02. The molecule has 1 N–H and O–H groups in total. The molecule has 0 aromatic carbocycles. The van der Waals surface area contributed by atoms with Crippen LogP contribution in [0.4, 0.5) is 0 Å². The number of carbonyl (C=O) groups is 1. The number of aromatic nitrogens is 1. The molecule has 1 aromatic heterocycles. The Kier molecular flexibility index (Phi) is 1.26. The van der Waals surface area contributed by atoms with Gasteiger partial charge in [-0.1, -0.05) is 0 Å². The molecule has 1 heterocycles. The van der Waals surface area contributed by atoms with Gasteiger partial charge < -0.3 is 5.11 Å². The Morgan fingerprint density at radius 3 is 3.00 bits per heavy atom. The number of carboxylic acid groups (broad SMARTS) is 1. The van der Waals surface area contributed by atoms with Crippen LogP contribution in [-0.4, -0.2) is 16.1 Å². The van der Waals surface area contributed by atoms with Gasteiger partial charge in [0, 0.05) is 0 Å². The van der Waals surface area contributed by atoms with Crippen molar-refractivity contribution in [3.05, 3.63) is 16.6 Å². The molecule has 0 unspecified atom stereocenters. The molecule has 1 rings (SSSR count). The summed E-state index contributed by atoms with van der Waals surface area (Å²) in [6, 6.07) is 0. The van der Waals surface area contributed by atoms with Gasteiger partial charge in [-0.2, -0.15) is 0 Å². The van der Waals surface area contributed by atoms with Crippen molar-refractivity contribution in [3.63, 3.8) is 0 Å². The van der Waals surface area contributed by atoms with E-state index < -0.39 is 5.97 Å². The summed E-state index contributed by atoms with van der Waals surface area (Å²) in [5.74, 6) is -0.965. The first-order valence-corrected chi connectivity index (χ1v) is 2.73. The summed E-state index contributed by atoms with van der Waals surface area (Å²) in [6.07, 6.45) is 2.31. The van der Waals surface area contributed by atoms with Crippen LogP contribution >= 0.6 is 11.3 Å². The summed E-state index contributed by atoms with van der Waals surface area (Å²) >= 11 is 1.06. The zero-order chi connectivity index (χ0) is 5.98. The lowest BCUT2D eigenvalue weighted by Crippen LogP contribution is -1.90. The Hall–Kier alpha value is -0.900. The molecule has 8 heavy (non-hydrogen) atoms. The second kappa shape index (κ2) is 1.92. The number of hydrogen-bond acceptors (Lipinski definition) is 3. The van der Waals surface area contributed by atoms with Crippen LogP contribution in [0.2, 0.25) is 0 Å². The fraction of sp³-hybridized carbons (Fsp3) is 0. The highest BCUT2D eigenvalue weighted by atomic mass is 32.1. The summed E-state index contributed by atoms with van der Waals surface area (Å²) in [5, 5.41) is 8.21. The van der Waals surface area contributed by atoms with Crippen LogP contribution in [0.15, 0.2) is 5.51 Å². The summed E-state index contributed by atoms with van der Waals surface area (Å²) in [6.45, 7) is 0. The Bertz CT molecular complexity index is 182. The van der Waals surface area contributed by atoms with E-state index in [9.17, 15) is 4.79 Å². The topological polar surface area (TPSA) is 50.2 Å². The Morgan fingerprint density at radius 1 is 2.00 bits per heavy atom. The number of nitrogens with zero attached hydrogens (tertiary/aromatic N) is 1. The third kappa shape index (κ3) is 0.840. The van der Waals surface area contributed by atoms with E-state index >= 15 is 0 Å². The molecule has 0 saturated carbocycles. The maximum absolute atomic E-state index is 10.0. The van der Waals surface area contributed by atoms with Crippen molar-refractivity contribution in [2.24, 2.45) is 0 Å². The summed E-state index contributed by atoms with van der Waals surface area (Å²) < 4.78 is 0. The maximum atomic E-state index is 10.0. The van der Waals surface area contributed by atoms with Gasteiger partial charge in [-0.25, -0.2) is 9.78 Å². The third-order valence-corrected chi connectivity index (χ3v) is 1.30. The molecular formula is C4H2NO2S. The van der Waals surface area contributed by atoms with Gasteiger partial charge in [0.05, 0.1) is 5.51 Å². The van der Waals surface area contributed by atoms with E-state index in [1.54, 1.807) is 0 Å². The highest BCUT2D eigenvalue weighted by Gasteiger charge is 2.01. The predicted molar refractivity (Wildman–Crippen MR) is 27.9 cm³/mol. The predicted octanol–water partition coefficient (Wildman–Crippen LogP) is 0.641. The minimum Gasteiger partial charge on any atom is -0.477 e. The minimum absolute atomic E-state index is 0.157. The van der Waals surface area contributed by atoms with Gasteiger partial charge in [-0.15, -0.1) is 11.3 Å². The van der Waals surface area contributed by atoms with Crippen molar-refractivity contribution in [1.82, 2.24) is 4.98 Å². The molecule has 1 aromatic rings. The SMILES string of the molecule is O=C(O)c1[c]ncs1. The summed E-state index contributed by atoms with van der Waals surface area (Å²) in [7, 11) is 0. The van der Waals surface area contributed by atoms with Crippen LogP contribution in [-0.2, 0) is 0 Å². The van der Waals surface area contributed by atoms with Gasteiger partial charge in [-0.3, -0.25) is 0 Å². The molecule has 3 nitrogen and oxygen atoms in total. The smallest absolute Gasteiger partial charge is 0.348 e. The van der Waals surface area contributed by atoms with Crippen molar-refractivity contribution in [2.75, 3.05) is 0 Å². The molecule has 4 heteroatoms. The lowest BCUT2D eigenvalue weighted by atomic mass is 10.6. The number of rotatable bonds is 1. The normalized spacial score (nSPS) is 9.00. The average Bonchev–Trinajstić information content (AvgIpc) is 2.12. The molecule has 0 fully saturated rings. The Balaban J connectivity index is 2.93. The van der Waals surface area contributed by atoms with Gasteiger partial charge in [0.2, 0.25) is 0 Å². The zero-order valence-corrected chi connectivity index (χ0v) is 4.60. The zero-order valence-electron chi connectivity index (χ0n) is 3.79. The highest BCUT2D eigenvalue weighted by molar-refractivity contribution is 7.11. The Labute approximate surface area is 49.6 Å². The van der Waals surface area contributed by atoms with Gasteiger partial charge in [0.1, 0.15) is 11.1 Å². The van der Waals surface area contributed by atoms with Crippen LogP contribution < -0.4 is 0 Å². The first-order valence-electron chi connectivity index (χ1n) is 1.85. The van der Waals surface area contributed by atoms with Crippen molar-refractivity contribution < 1.29 is 9.90 Å². The van der Waals surface area contributed by atoms with Crippen molar-refractivity contribution in [1.29, 1.82) is 0 Å². The van der Waals surface area contributed by atoms with E-state index in [0.717, 1.165) is 11.3 Å². The molecule has 0 bridgehead atoms. The number of thiazole rings is 1. The number of hydrogen-bond donors (Lipinski definition) is 1. The molecule has 0 aliphatic rings. The van der Waals surface area contributed by atoms with Crippen LogP contribution in [0.1, 0.15) is 9.67 Å². The van der Waals surface area contributed by atoms with Crippen molar-refractivity contribution >= 4 is 17.3 Å². The second-order valence-electron chi connectivity index (χ2n) is 1.10. The average molecular weight is 128 g/mol. The number of carboxylic acids is 1. The first kappa shape index (κ1) is 5.24. The molecule has 0 spiro atoms. The van der Waals surface area contributed by atoms with E-state index in [2.05, 4.69) is 11.2 Å². The molecule has 0 aliphatic carbocycles. The lowest BCUT2D eigenvalue weighted by molar-refractivity contribution is 0.0701. The van der Waals surface area contributed by atoms with Gasteiger partial charge >= 0.3 is 5.97 Å². The molecule has 0 aliphatic heterocycles. The van der Waals surface area contributed by atoms with Crippen molar-refractivity contribution in [3.8, 4) is 0 Å². The van der Waals surface area contributed by atoms with Gasteiger partial charge in [0.15, 0.2) is 0 Å². The van der Waals surface area contributed by atoms with Crippen LogP contribution in [0.25, 0.3) is 0 Å². The molecule has 0 amide bonds. The minimum atomic E-state index is -0.965. The Morgan fingerprint density at radius 2 is 2.75 bits per heavy atom. The quantitative estimate of drug-likeness (QED) is 0.603. The molecule has 1 radical (unpaired) electrons. The summed E-state index contributed by atoms with van der Waals surface area (Å²) in [4.78, 5) is 13.6. The van der Waals surface area contributed by atoms with E-state index in [-0.39, 0.29) is 4.88 Å². The van der Waals surface area contributed by atoms with E-state index in [4.69, 9.17) is 5.11 Å². The number of aromatic carboxylic acids is 1.